The highest BCUT2D eigenvalue weighted by molar-refractivity contribution is 8.14. The van der Waals surface area contributed by atoms with Gasteiger partial charge in [0.15, 0.2) is 0 Å². The number of nitrogens with zero attached hydrogens (tertiary/aromatic N) is 1. The van der Waals surface area contributed by atoms with Crippen LogP contribution in [0, 0.1) is 0 Å². The molecule has 1 fully saturated rings. The molecule has 0 bridgehead atoms. The van der Waals surface area contributed by atoms with Crippen LogP contribution in [0.25, 0.3) is 0 Å². The second-order valence-corrected chi connectivity index (χ2v) is 7.54. The van der Waals surface area contributed by atoms with Crippen molar-refractivity contribution in [2.75, 3.05) is 46.2 Å². The summed E-state index contributed by atoms with van der Waals surface area (Å²) in [4.78, 5) is 36.5. The van der Waals surface area contributed by atoms with E-state index in [2.05, 4.69) is 9.64 Å². The van der Waals surface area contributed by atoms with E-state index < -0.39 is 34.8 Å². The van der Waals surface area contributed by atoms with Crippen LogP contribution < -0.4 is 5.73 Å². The summed E-state index contributed by atoms with van der Waals surface area (Å²) in [5.41, 5.74) is 5.92. The van der Waals surface area contributed by atoms with Gasteiger partial charge in [0.05, 0.1) is 13.2 Å². The highest BCUT2D eigenvalue weighted by atomic mass is 32.2. The van der Waals surface area contributed by atoms with Crippen LogP contribution in [-0.4, -0.2) is 79.2 Å². The fourth-order valence-corrected chi connectivity index (χ4v) is 2.70. The summed E-state index contributed by atoms with van der Waals surface area (Å²) in [6.45, 7) is 7.79. The maximum absolute atomic E-state index is 12.1. The number of carbonyl (C=O) groups is 3. The molecule has 0 unspecified atom stereocenters. The van der Waals surface area contributed by atoms with E-state index >= 15 is 0 Å². The van der Waals surface area contributed by atoms with E-state index in [1.54, 1.807) is 13.8 Å². The minimum Gasteiger partial charge on any atom is -0.463 e. The first-order valence-corrected chi connectivity index (χ1v) is 8.75. The second kappa shape index (κ2) is 10.6. The van der Waals surface area contributed by atoms with Crippen molar-refractivity contribution in [2.24, 2.45) is 5.73 Å². The topological polar surface area (TPSA) is 117 Å². The predicted octanol–water partition coefficient (Wildman–Crippen LogP) is 0.358. The number of rotatable bonds is 8. The lowest BCUT2D eigenvalue weighted by molar-refractivity contribution is -0.148. The number of hydrogen-bond acceptors (Lipinski definition) is 10. The van der Waals surface area contributed by atoms with E-state index in [1.165, 1.54) is 6.92 Å². The lowest BCUT2D eigenvalue weighted by Gasteiger charge is -2.29. The Morgan fingerprint density at radius 1 is 1.20 bits per heavy atom. The van der Waals surface area contributed by atoms with Crippen molar-refractivity contribution in [3.63, 3.8) is 0 Å². The molecule has 0 aromatic heterocycles. The molecule has 0 radical (unpaired) electrons. The molecule has 0 amide bonds. The Bertz CT molecular complexity index is 467. The number of thioether (sulfide) groups is 1. The van der Waals surface area contributed by atoms with E-state index in [1.807, 2.05) is 0 Å². The lowest BCUT2D eigenvalue weighted by Crippen LogP contribution is -2.49. The van der Waals surface area contributed by atoms with Gasteiger partial charge in [-0.2, -0.15) is 0 Å². The van der Waals surface area contributed by atoms with Crippen LogP contribution >= 0.6 is 11.8 Å². The molecule has 0 saturated carbocycles. The van der Waals surface area contributed by atoms with Crippen molar-refractivity contribution in [3.05, 3.63) is 0 Å². The Kier molecular flexibility index (Phi) is 9.19. The van der Waals surface area contributed by atoms with Crippen LogP contribution in [0.3, 0.4) is 0 Å². The third-order valence-electron chi connectivity index (χ3n) is 3.54. The molecule has 1 heterocycles. The average molecular weight is 378 g/mol. The van der Waals surface area contributed by atoms with Gasteiger partial charge in [-0.3, -0.25) is 14.5 Å². The number of esters is 2. The molecule has 144 valence electrons. The van der Waals surface area contributed by atoms with Crippen molar-refractivity contribution < 1.29 is 33.3 Å². The quantitative estimate of drug-likeness (QED) is 0.468. The Morgan fingerprint density at radius 2 is 1.84 bits per heavy atom. The zero-order valence-corrected chi connectivity index (χ0v) is 15.6. The van der Waals surface area contributed by atoms with E-state index in [4.69, 9.17) is 19.9 Å². The lowest BCUT2D eigenvalue weighted by atomic mass is 10.1. The summed E-state index contributed by atoms with van der Waals surface area (Å²) in [6, 6.07) is -1.01. The van der Waals surface area contributed by atoms with Crippen molar-refractivity contribution in [3.8, 4) is 0 Å². The van der Waals surface area contributed by atoms with Crippen molar-refractivity contribution in [1.82, 2.24) is 4.90 Å². The van der Waals surface area contributed by atoms with Crippen LogP contribution in [0.15, 0.2) is 0 Å². The molecule has 0 aromatic rings. The third kappa shape index (κ3) is 8.52. The van der Waals surface area contributed by atoms with Crippen LogP contribution in [0.4, 0.5) is 4.79 Å². The van der Waals surface area contributed by atoms with Gasteiger partial charge < -0.3 is 24.7 Å². The summed E-state index contributed by atoms with van der Waals surface area (Å²) < 4.78 is 18.8. The molecule has 0 aromatic carbocycles. The minimum atomic E-state index is -1.01. The zero-order valence-electron chi connectivity index (χ0n) is 14.8. The molecular formula is C15H26N2O7S. The number of nitrogens with two attached hydrogens (primary N) is 1. The summed E-state index contributed by atoms with van der Waals surface area (Å²) >= 11 is 0.746. The van der Waals surface area contributed by atoms with Crippen molar-refractivity contribution in [2.45, 2.75) is 31.6 Å². The molecule has 0 spiro atoms. The molecule has 10 heteroatoms. The molecular weight excluding hydrogens is 352 g/mol. The third-order valence-corrected chi connectivity index (χ3v) is 4.61. The van der Waals surface area contributed by atoms with Gasteiger partial charge in [0, 0.05) is 31.3 Å². The van der Waals surface area contributed by atoms with Gasteiger partial charge in [0.2, 0.25) is 6.79 Å². The van der Waals surface area contributed by atoms with Gasteiger partial charge in [-0.05, 0) is 25.6 Å². The van der Waals surface area contributed by atoms with E-state index in [-0.39, 0.29) is 6.61 Å². The molecule has 9 nitrogen and oxygen atoms in total. The molecule has 1 rings (SSSR count). The SMILES string of the molecule is CC(=O)OCOC(=O)SC(C)(C)[C@@H](N)C(=O)OCCN1CCOCC1. The highest BCUT2D eigenvalue weighted by Gasteiger charge is 2.37. The first-order chi connectivity index (χ1) is 11.7. The Hall–Kier alpha value is -1.36. The van der Waals surface area contributed by atoms with Gasteiger partial charge in [-0.1, -0.05) is 0 Å². The van der Waals surface area contributed by atoms with Crippen LogP contribution in [0.5, 0.6) is 0 Å². The van der Waals surface area contributed by atoms with Crippen LogP contribution in [-0.2, 0) is 28.5 Å². The second-order valence-electron chi connectivity index (χ2n) is 5.95. The normalized spacial score (nSPS) is 16.8. The molecule has 1 aliphatic heterocycles. The first kappa shape index (κ1) is 21.7. The maximum atomic E-state index is 12.1. The Labute approximate surface area is 151 Å². The Balaban J connectivity index is 2.32. The molecule has 0 aliphatic carbocycles. The molecule has 1 atom stereocenters. The van der Waals surface area contributed by atoms with Gasteiger partial charge in [0.1, 0.15) is 12.6 Å². The predicted molar refractivity (Wildman–Crippen MR) is 91.0 cm³/mol. The zero-order chi connectivity index (χ0) is 18.9. The fourth-order valence-electron chi connectivity index (χ4n) is 1.94. The number of hydrogen-bond donors (Lipinski definition) is 1. The maximum Gasteiger partial charge on any atom is 0.370 e. The fraction of sp³-hybridized carbons (Fsp3) is 0.800. The largest absolute Gasteiger partial charge is 0.463 e. The number of carbonyl (C=O) groups excluding carboxylic acids is 3. The summed E-state index contributed by atoms with van der Waals surface area (Å²) in [7, 11) is 0. The van der Waals surface area contributed by atoms with E-state index in [0.29, 0.717) is 19.8 Å². The smallest absolute Gasteiger partial charge is 0.370 e. The van der Waals surface area contributed by atoms with Crippen molar-refractivity contribution >= 4 is 29.0 Å². The highest BCUT2D eigenvalue weighted by Crippen LogP contribution is 2.29. The van der Waals surface area contributed by atoms with Crippen molar-refractivity contribution in [1.29, 1.82) is 0 Å². The molecule has 1 saturated heterocycles. The van der Waals surface area contributed by atoms with E-state index in [9.17, 15) is 14.4 Å². The van der Waals surface area contributed by atoms with Crippen LogP contribution in [0.1, 0.15) is 20.8 Å². The van der Waals surface area contributed by atoms with Gasteiger partial charge in [-0.15, -0.1) is 0 Å². The van der Waals surface area contributed by atoms with Gasteiger partial charge in [-0.25, -0.2) is 4.79 Å². The first-order valence-electron chi connectivity index (χ1n) is 7.94. The monoisotopic (exact) mass is 378 g/mol. The molecule has 25 heavy (non-hydrogen) atoms. The standard InChI is InChI=1S/C15H26N2O7S/c1-11(18)23-10-24-14(20)25-15(2,3)12(16)13(19)22-9-6-17-4-7-21-8-5-17/h12H,4-10,16H2,1-3H3/t12-/m0/s1. The molecule has 2 N–H and O–H groups in total. The van der Waals surface area contributed by atoms with Gasteiger partial charge in [0.25, 0.3) is 0 Å². The number of morpholine rings is 1. The summed E-state index contributed by atoms with van der Waals surface area (Å²) in [6.07, 6.45) is 0. The van der Waals surface area contributed by atoms with Crippen LogP contribution in [0.2, 0.25) is 0 Å². The number of ether oxygens (including phenoxy) is 4. The summed E-state index contributed by atoms with van der Waals surface area (Å²) in [5.74, 6) is -1.14. The van der Waals surface area contributed by atoms with Gasteiger partial charge >= 0.3 is 17.2 Å². The average Bonchev–Trinajstić information content (AvgIpc) is 2.54. The minimum absolute atomic E-state index is 0.226. The Morgan fingerprint density at radius 3 is 2.44 bits per heavy atom. The summed E-state index contributed by atoms with van der Waals surface area (Å²) in [5, 5.41) is -0.692. The molecule has 1 aliphatic rings. The van der Waals surface area contributed by atoms with E-state index in [0.717, 1.165) is 24.9 Å².